The fourth-order valence-electron chi connectivity index (χ4n) is 6.13. The van der Waals surface area contributed by atoms with Gasteiger partial charge >= 0.3 is 13.3 Å². The van der Waals surface area contributed by atoms with Gasteiger partial charge in [-0.3, -0.25) is 23.7 Å². The molecule has 2 N–H and O–H groups in total. The predicted molar refractivity (Wildman–Crippen MR) is 230 cm³/mol. The highest BCUT2D eigenvalue weighted by Crippen LogP contribution is 2.50. The average molecular weight is 824 g/mol. The second kappa shape index (κ2) is 26.7. The van der Waals surface area contributed by atoms with Gasteiger partial charge in [0.25, 0.3) is 5.56 Å². The molecule has 0 saturated carbocycles. The van der Waals surface area contributed by atoms with Gasteiger partial charge in [0.2, 0.25) is 0 Å². The summed E-state index contributed by atoms with van der Waals surface area (Å²) in [6, 6.07) is 9.56. The Morgan fingerprint density at radius 1 is 0.897 bits per heavy atom. The van der Waals surface area contributed by atoms with E-state index in [1.54, 1.807) is 30.3 Å². The van der Waals surface area contributed by atoms with Gasteiger partial charge in [-0.2, -0.15) is 0 Å². The molecule has 3 rings (SSSR count). The van der Waals surface area contributed by atoms with E-state index in [1.165, 1.54) is 0 Å². The van der Waals surface area contributed by atoms with Crippen LogP contribution in [0, 0.1) is 0 Å². The first-order valence-electron chi connectivity index (χ1n) is 20.4. The normalized spacial score (nSPS) is 21.2. The molecule has 2 aromatic rings. The number of nitrogens with one attached hydrogen (secondary N) is 1. The number of benzene rings is 1. The maximum absolute atomic E-state index is 15.7. The molecule has 5 atom stereocenters. The number of carbonyl (C=O) groups is 1. The second-order valence-corrected chi connectivity index (χ2v) is 16.5. The van der Waals surface area contributed by atoms with Crippen LogP contribution in [0.1, 0.15) is 90.7 Å². The zero-order valence-corrected chi connectivity index (χ0v) is 35.2. The van der Waals surface area contributed by atoms with Gasteiger partial charge in [0.1, 0.15) is 23.7 Å². The van der Waals surface area contributed by atoms with Gasteiger partial charge in [-0.1, -0.05) is 98.0 Å². The quantitative estimate of drug-likeness (QED) is 0.0636. The molecule has 11 nitrogen and oxygen atoms in total. The molecule has 0 bridgehead atoms. The molecule has 1 aromatic carbocycles. The van der Waals surface area contributed by atoms with E-state index in [0.717, 1.165) is 68.7 Å². The number of para-hydroxylation sites is 1. The van der Waals surface area contributed by atoms with Crippen molar-refractivity contribution in [2.45, 2.75) is 109 Å². The largest absolute Gasteiger partial charge is 0.424 e. The Kier molecular flexibility index (Phi) is 22.2. The maximum Gasteiger partial charge on any atom is 0.379 e. The number of ketones is 1. The summed E-state index contributed by atoms with van der Waals surface area (Å²) in [4.78, 5) is 40.4. The number of carbonyl (C=O) groups excluding carboxylic acids is 1. The molecule has 2 heterocycles. The van der Waals surface area contributed by atoms with Gasteiger partial charge in [0, 0.05) is 25.1 Å². The number of nitrogens with zero attached hydrogens (tertiary/aromatic N) is 2. The van der Waals surface area contributed by atoms with Gasteiger partial charge in [0.05, 0.1) is 12.8 Å². The van der Waals surface area contributed by atoms with E-state index in [4.69, 9.17) is 13.8 Å². The molecule has 1 aromatic heterocycles. The summed E-state index contributed by atoms with van der Waals surface area (Å²) < 4.78 is 47.8. The van der Waals surface area contributed by atoms with Gasteiger partial charge < -0.3 is 19.3 Å². The van der Waals surface area contributed by atoms with Crippen molar-refractivity contribution in [2.24, 2.45) is 0 Å². The van der Waals surface area contributed by atoms with Gasteiger partial charge in [-0.15, -0.1) is 0 Å². The van der Waals surface area contributed by atoms with Crippen molar-refractivity contribution < 1.29 is 32.6 Å². The third-order valence-electron chi connectivity index (χ3n) is 9.40. The summed E-state index contributed by atoms with van der Waals surface area (Å²) in [7, 11) is -1.91. The lowest BCUT2D eigenvalue weighted by Gasteiger charge is -2.25. The Bertz CT molecular complexity index is 1850. The number of alkyl halides is 1. The first kappa shape index (κ1) is 48.2. The lowest BCUT2D eigenvalue weighted by atomic mass is 9.98. The number of allylic oxidation sites excluding steroid dienone is 12. The minimum atomic E-state index is -3.84. The molecular weight excluding hydrogens is 760 g/mol. The number of hydrogen-bond acceptors (Lipinski definition) is 9. The van der Waals surface area contributed by atoms with Crippen LogP contribution in [-0.4, -0.2) is 76.1 Å². The summed E-state index contributed by atoms with van der Waals surface area (Å²) in [6.07, 6.45) is 31.0. The zero-order valence-electron chi connectivity index (χ0n) is 34.3. The van der Waals surface area contributed by atoms with Crippen molar-refractivity contribution >= 4 is 13.4 Å². The van der Waals surface area contributed by atoms with Crippen molar-refractivity contribution in [3.8, 4) is 5.75 Å². The standard InChI is InChI=1S/C45H63FN3O8P/c1-4-5-6-7-8-9-10-11-12-13-14-15-16-17-18-19-20-21-23-28-38(50)29-26-33-48(3)34-27-36-58(54,57-39-30-24-22-25-31-39)55-37-40-42(52)45(2,46)43(56-40)49-35-32-41(51)47-44(49)53/h5-6,8-9,11-12,14-15,17-18,20-22,24-25,30-32,35,40,42-43,52H,4,7,10,13,16,19,23,26-29,33-34,36-37H2,1-3H3,(H,47,51,53)/b6-5-,9-8-,12-11-,15-14-,18-17-,21-20-/t40-,42-,43-,45-,58?/m1/s1. The Balaban J connectivity index is 1.32. The molecule has 0 amide bonds. The minimum Gasteiger partial charge on any atom is -0.424 e. The minimum absolute atomic E-state index is 0.0235. The molecule has 58 heavy (non-hydrogen) atoms. The van der Waals surface area contributed by atoms with Crippen LogP contribution >= 0.6 is 7.60 Å². The fraction of sp³-hybridized carbons (Fsp3) is 0.489. The first-order chi connectivity index (χ1) is 27.9. The third kappa shape index (κ3) is 18.2. The summed E-state index contributed by atoms with van der Waals surface area (Å²) in [5.74, 6) is 0.540. The number of aliphatic hydroxyl groups is 1. The van der Waals surface area contributed by atoms with Crippen molar-refractivity contribution in [2.75, 3.05) is 32.9 Å². The number of aromatic nitrogens is 2. The van der Waals surface area contributed by atoms with Crippen molar-refractivity contribution in [1.82, 2.24) is 14.5 Å². The highest BCUT2D eigenvalue weighted by atomic mass is 31.2. The van der Waals surface area contributed by atoms with Crippen LogP contribution in [0.25, 0.3) is 0 Å². The number of aliphatic hydroxyl groups excluding tert-OH is 1. The van der Waals surface area contributed by atoms with E-state index in [-0.39, 0.29) is 11.9 Å². The van der Waals surface area contributed by atoms with Crippen LogP contribution in [0.15, 0.2) is 125 Å². The van der Waals surface area contributed by atoms with E-state index < -0.39 is 49.6 Å². The van der Waals surface area contributed by atoms with E-state index in [2.05, 4.69) is 84.7 Å². The van der Waals surface area contributed by atoms with Crippen LogP contribution in [0.5, 0.6) is 5.75 Å². The van der Waals surface area contributed by atoms with Gasteiger partial charge in [-0.25, -0.2) is 13.8 Å². The number of aromatic amines is 1. The van der Waals surface area contributed by atoms with Crippen LogP contribution in [0.2, 0.25) is 0 Å². The Morgan fingerprint density at radius 3 is 2.05 bits per heavy atom. The van der Waals surface area contributed by atoms with Crippen LogP contribution in [-0.2, 0) is 18.6 Å². The Hall–Kier alpha value is -4.19. The van der Waals surface area contributed by atoms with Crippen molar-refractivity contribution in [3.05, 3.63) is 136 Å². The van der Waals surface area contributed by atoms with E-state index in [9.17, 15) is 24.1 Å². The highest BCUT2D eigenvalue weighted by molar-refractivity contribution is 7.54. The van der Waals surface area contributed by atoms with Crippen molar-refractivity contribution in [3.63, 3.8) is 0 Å². The molecule has 13 heteroatoms. The third-order valence-corrected chi connectivity index (χ3v) is 11.3. The Morgan fingerprint density at radius 2 is 1.47 bits per heavy atom. The molecule has 318 valence electrons. The smallest absolute Gasteiger partial charge is 0.379 e. The summed E-state index contributed by atoms with van der Waals surface area (Å²) in [5.41, 5.74) is -3.99. The number of Topliss-reactive ketones (excluding diaryl/α,β-unsaturated/α-hetero) is 1. The molecule has 0 spiro atoms. The summed E-state index contributed by atoms with van der Waals surface area (Å²) in [6.45, 7) is 3.98. The molecule has 1 saturated heterocycles. The molecule has 1 aliphatic rings. The second-order valence-electron chi connectivity index (χ2n) is 14.4. The van der Waals surface area contributed by atoms with Crippen molar-refractivity contribution in [1.29, 1.82) is 0 Å². The molecular formula is C45H63FN3O8P. The molecule has 0 aliphatic carbocycles. The van der Waals surface area contributed by atoms with Crippen LogP contribution in [0.3, 0.4) is 0 Å². The van der Waals surface area contributed by atoms with E-state index in [1.807, 2.05) is 12.0 Å². The van der Waals surface area contributed by atoms with Crippen LogP contribution < -0.4 is 15.8 Å². The number of H-pyrrole nitrogens is 1. The fourth-order valence-corrected chi connectivity index (χ4v) is 7.75. The number of ether oxygens (including phenoxy) is 1. The van der Waals surface area contributed by atoms with Gasteiger partial charge in [0.15, 0.2) is 11.9 Å². The molecule has 1 unspecified atom stereocenters. The first-order valence-corrected chi connectivity index (χ1v) is 22.1. The molecule has 1 aliphatic heterocycles. The monoisotopic (exact) mass is 823 g/mol. The maximum atomic E-state index is 15.7. The number of hydrogen-bond donors (Lipinski definition) is 2. The predicted octanol–water partition coefficient (Wildman–Crippen LogP) is 8.96. The van der Waals surface area contributed by atoms with E-state index in [0.29, 0.717) is 44.5 Å². The Labute approximate surface area is 343 Å². The number of rotatable bonds is 28. The lowest BCUT2D eigenvalue weighted by molar-refractivity contribution is -0.119. The SMILES string of the molecule is CC/C=C\C/C=C\C/C=C\C/C=C\C/C=C\C/C=C\CCC(=O)CCCN(C)CCCP(=O)(OC[C@H]1O[C@@H](n2ccc(=O)[nH]c2=O)[C@](C)(F)[C@@H]1O)Oc1ccccc1. The number of halogens is 1. The highest BCUT2D eigenvalue weighted by Gasteiger charge is 2.55. The molecule has 0 radical (unpaired) electrons. The lowest BCUT2D eigenvalue weighted by Crippen LogP contribution is -2.43. The van der Waals surface area contributed by atoms with E-state index >= 15 is 4.39 Å². The van der Waals surface area contributed by atoms with Gasteiger partial charge in [-0.05, 0) is 97.0 Å². The molecule has 1 fully saturated rings. The van der Waals surface area contributed by atoms with Crippen LogP contribution in [0.4, 0.5) is 4.39 Å². The topological polar surface area (TPSA) is 140 Å². The summed E-state index contributed by atoms with van der Waals surface area (Å²) >= 11 is 0. The summed E-state index contributed by atoms with van der Waals surface area (Å²) in [5, 5.41) is 10.8. The zero-order chi connectivity index (χ0) is 42.1. The average Bonchev–Trinajstić information content (AvgIpc) is 3.41.